The summed E-state index contributed by atoms with van der Waals surface area (Å²) < 4.78 is 4.62. The molecule has 1 saturated carbocycles. The molecule has 1 fully saturated rings. The smallest absolute Gasteiger partial charge is 0.305 e. The van der Waals surface area contributed by atoms with E-state index in [1.807, 2.05) is 0 Å². The van der Waals surface area contributed by atoms with E-state index in [0.29, 0.717) is 24.9 Å². The van der Waals surface area contributed by atoms with E-state index in [1.165, 1.54) is 7.11 Å². The van der Waals surface area contributed by atoms with Crippen LogP contribution in [-0.2, 0) is 9.53 Å². The minimum atomic E-state index is -0.104. The molecule has 1 aliphatic rings. The van der Waals surface area contributed by atoms with Crippen LogP contribution < -0.4 is 0 Å². The maximum absolute atomic E-state index is 11.0. The van der Waals surface area contributed by atoms with Crippen LogP contribution in [0, 0.1) is 11.8 Å². The van der Waals surface area contributed by atoms with Crippen LogP contribution in [0.3, 0.4) is 0 Å². The van der Waals surface area contributed by atoms with Crippen molar-refractivity contribution >= 4 is 5.97 Å². The SMILES string of the molecule is COC(=O)CC1CCC(CO)CC1. The Balaban J connectivity index is 2.21. The zero-order chi connectivity index (χ0) is 9.68. The number of aliphatic hydroxyl groups excluding tert-OH is 1. The number of hydrogen-bond donors (Lipinski definition) is 1. The van der Waals surface area contributed by atoms with Crippen LogP contribution in [-0.4, -0.2) is 24.8 Å². The van der Waals surface area contributed by atoms with Crippen molar-refractivity contribution in [3.05, 3.63) is 0 Å². The minimum Gasteiger partial charge on any atom is -0.469 e. The molecule has 3 nitrogen and oxygen atoms in total. The number of rotatable bonds is 3. The van der Waals surface area contributed by atoms with Crippen molar-refractivity contribution in [2.75, 3.05) is 13.7 Å². The first-order chi connectivity index (χ1) is 6.26. The first kappa shape index (κ1) is 10.5. The van der Waals surface area contributed by atoms with Crippen LogP contribution in [0.25, 0.3) is 0 Å². The van der Waals surface area contributed by atoms with Crippen molar-refractivity contribution < 1.29 is 14.6 Å². The van der Waals surface area contributed by atoms with Gasteiger partial charge in [0, 0.05) is 13.0 Å². The van der Waals surface area contributed by atoms with E-state index < -0.39 is 0 Å². The molecule has 13 heavy (non-hydrogen) atoms. The Morgan fingerprint density at radius 3 is 2.31 bits per heavy atom. The fourth-order valence-corrected chi connectivity index (χ4v) is 1.94. The summed E-state index contributed by atoms with van der Waals surface area (Å²) >= 11 is 0. The average molecular weight is 186 g/mol. The van der Waals surface area contributed by atoms with Crippen molar-refractivity contribution in [1.82, 2.24) is 0 Å². The molecule has 0 atom stereocenters. The molecule has 76 valence electrons. The van der Waals surface area contributed by atoms with Gasteiger partial charge in [-0.25, -0.2) is 0 Å². The molecule has 0 bridgehead atoms. The van der Waals surface area contributed by atoms with Gasteiger partial charge in [0.25, 0.3) is 0 Å². The molecule has 0 saturated heterocycles. The molecule has 0 amide bonds. The Morgan fingerprint density at radius 1 is 1.31 bits per heavy atom. The summed E-state index contributed by atoms with van der Waals surface area (Å²) in [6.07, 6.45) is 4.77. The summed E-state index contributed by atoms with van der Waals surface area (Å²) in [6.45, 7) is 0.297. The van der Waals surface area contributed by atoms with E-state index in [9.17, 15) is 4.79 Å². The third-order valence-corrected chi connectivity index (χ3v) is 2.91. The Morgan fingerprint density at radius 2 is 1.85 bits per heavy atom. The van der Waals surface area contributed by atoms with Gasteiger partial charge in [-0.05, 0) is 37.5 Å². The second-order valence-corrected chi connectivity index (χ2v) is 3.85. The van der Waals surface area contributed by atoms with Gasteiger partial charge in [-0.15, -0.1) is 0 Å². The predicted octanol–water partition coefficient (Wildman–Crippen LogP) is 1.35. The van der Waals surface area contributed by atoms with Crippen molar-refractivity contribution in [1.29, 1.82) is 0 Å². The maximum atomic E-state index is 11.0. The third kappa shape index (κ3) is 3.35. The summed E-state index contributed by atoms with van der Waals surface area (Å²) in [6, 6.07) is 0. The van der Waals surface area contributed by atoms with E-state index in [2.05, 4.69) is 4.74 Å². The number of hydrogen-bond acceptors (Lipinski definition) is 3. The van der Waals surface area contributed by atoms with Gasteiger partial charge < -0.3 is 9.84 Å². The van der Waals surface area contributed by atoms with Crippen molar-refractivity contribution in [2.45, 2.75) is 32.1 Å². The Hall–Kier alpha value is -0.570. The van der Waals surface area contributed by atoms with Gasteiger partial charge in [-0.2, -0.15) is 0 Å². The molecule has 1 N–H and O–H groups in total. The van der Waals surface area contributed by atoms with Crippen LogP contribution in [0.2, 0.25) is 0 Å². The molecule has 3 heteroatoms. The highest BCUT2D eigenvalue weighted by atomic mass is 16.5. The normalized spacial score (nSPS) is 28.5. The fraction of sp³-hybridized carbons (Fsp3) is 0.900. The Bertz CT molecular complexity index is 160. The lowest BCUT2D eigenvalue weighted by Gasteiger charge is -2.26. The number of methoxy groups -OCH3 is 1. The van der Waals surface area contributed by atoms with Gasteiger partial charge in [0.15, 0.2) is 0 Å². The van der Waals surface area contributed by atoms with Crippen LogP contribution in [0.1, 0.15) is 32.1 Å². The van der Waals surface area contributed by atoms with E-state index >= 15 is 0 Å². The van der Waals surface area contributed by atoms with E-state index in [-0.39, 0.29) is 5.97 Å². The summed E-state index contributed by atoms with van der Waals surface area (Å²) in [5, 5.41) is 8.91. The van der Waals surface area contributed by atoms with E-state index in [4.69, 9.17) is 5.11 Å². The van der Waals surface area contributed by atoms with E-state index in [1.54, 1.807) is 0 Å². The third-order valence-electron chi connectivity index (χ3n) is 2.91. The molecule has 0 aromatic rings. The lowest BCUT2D eigenvalue weighted by atomic mass is 9.81. The van der Waals surface area contributed by atoms with Gasteiger partial charge in [-0.3, -0.25) is 4.79 Å². The second-order valence-electron chi connectivity index (χ2n) is 3.85. The summed E-state index contributed by atoms with van der Waals surface area (Å²) in [7, 11) is 1.43. The van der Waals surface area contributed by atoms with Crippen molar-refractivity contribution in [3.8, 4) is 0 Å². The number of carbonyl (C=O) groups is 1. The molecule has 0 aromatic heterocycles. The maximum Gasteiger partial charge on any atom is 0.305 e. The highest BCUT2D eigenvalue weighted by molar-refractivity contribution is 5.69. The highest BCUT2D eigenvalue weighted by Crippen LogP contribution is 2.30. The predicted molar refractivity (Wildman–Crippen MR) is 49.2 cm³/mol. The van der Waals surface area contributed by atoms with Gasteiger partial charge in [0.05, 0.1) is 7.11 Å². The molecule has 0 spiro atoms. The highest BCUT2D eigenvalue weighted by Gasteiger charge is 2.22. The minimum absolute atomic E-state index is 0.104. The average Bonchev–Trinajstić information content (AvgIpc) is 2.19. The van der Waals surface area contributed by atoms with Gasteiger partial charge in [0.1, 0.15) is 0 Å². The lowest BCUT2D eigenvalue weighted by Crippen LogP contribution is -2.19. The molecule has 0 unspecified atom stereocenters. The first-order valence-electron chi connectivity index (χ1n) is 4.94. The Labute approximate surface area is 79.1 Å². The first-order valence-corrected chi connectivity index (χ1v) is 4.94. The summed E-state index contributed by atoms with van der Waals surface area (Å²) in [5.41, 5.74) is 0. The summed E-state index contributed by atoms with van der Waals surface area (Å²) in [4.78, 5) is 11.0. The molecule has 1 aliphatic carbocycles. The molecule has 0 aromatic carbocycles. The number of carbonyl (C=O) groups excluding carboxylic acids is 1. The molecular formula is C10H18O3. The zero-order valence-electron chi connectivity index (χ0n) is 8.16. The topological polar surface area (TPSA) is 46.5 Å². The lowest BCUT2D eigenvalue weighted by molar-refractivity contribution is -0.142. The van der Waals surface area contributed by atoms with Crippen LogP contribution in [0.4, 0.5) is 0 Å². The van der Waals surface area contributed by atoms with Crippen molar-refractivity contribution in [3.63, 3.8) is 0 Å². The second kappa shape index (κ2) is 5.22. The van der Waals surface area contributed by atoms with E-state index in [0.717, 1.165) is 25.7 Å². The molecular weight excluding hydrogens is 168 g/mol. The van der Waals surface area contributed by atoms with Gasteiger partial charge >= 0.3 is 5.97 Å². The van der Waals surface area contributed by atoms with Crippen LogP contribution in [0.5, 0.6) is 0 Å². The van der Waals surface area contributed by atoms with Crippen LogP contribution in [0.15, 0.2) is 0 Å². The number of ether oxygens (including phenoxy) is 1. The largest absolute Gasteiger partial charge is 0.469 e. The van der Waals surface area contributed by atoms with Crippen molar-refractivity contribution in [2.24, 2.45) is 11.8 Å². The van der Waals surface area contributed by atoms with Gasteiger partial charge in [0.2, 0.25) is 0 Å². The monoisotopic (exact) mass is 186 g/mol. The Kier molecular flexibility index (Phi) is 4.22. The molecule has 1 rings (SSSR count). The summed E-state index contributed by atoms with van der Waals surface area (Å²) in [5.74, 6) is 0.844. The molecule has 0 radical (unpaired) electrons. The number of aliphatic hydroxyl groups is 1. The molecule has 0 heterocycles. The zero-order valence-corrected chi connectivity index (χ0v) is 8.16. The van der Waals surface area contributed by atoms with Gasteiger partial charge in [-0.1, -0.05) is 0 Å². The molecule has 0 aliphatic heterocycles. The quantitative estimate of drug-likeness (QED) is 0.677. The number of esters is 1. The van der Waals surface area contributed by atoms with Crippen LogP contribution >= 0.6 is 0 Å². The fourth-order valence-electron chi connectivity index (χ4n) is 1.94. The standard InChI is InChI=1S/C10H18O3/c1-13-10(12)6-8-2-4-9(7-11)5-3-8/h8-9,11H,2-7H2,1H3.